The van der Waals surface area contributed by atoms with Gasteiger partial charge in [0, 0.05) is 23.6 Å². The number of halogens is 1. The second kappa shape index (κ2) is 4.70. The third-order valence-corrected chi connectivity index (χ3v) is 2.91. The minimum absolute atomic E-state index is 0.126. The summed E-state index contributed by atoms with van der Waals surface area (Å²) in [6.45, 7) is 0.319. The Hall–Kier alpha value is -1.63. The van der Waals surface area contributed by atoms with Crippen molar-refractivity contribution in [2.24, 2.45) is 0 Å². The van der Waals surface area contributed by atoms with Gasteiger partial charge in [-0.2, -0.15) is 0 Å². The van der Waals surface area contributed by atoms with Crippen molar-refractivity contribution in [2.75, 3.05) is 11.4 Å². The Morgan fingerprint density at radius 3 is 2.94 bits per heavy atom. The molecule has 1 aromatic heterocycles. The van der Waals surface area contributed by atoms with Gasteiger partial charge in [0.15, 0.2) is 0 Å². The molecule has 0 aliphatic carbocycles. The van der Waals surface area contributed by atoms with Crippen LogP contribution in [-0.2, 0) is 4.79 Å². The van der Waals surface area contributed by atoms with E-state index in [2.05, 4.69) is 26.2 Å². The maximum atomic E-state index is 11.7. The molecule has 2 amide bonds. The first kappa shape index (κ1) is 11.8. The third kappa shape index (κ3) is 2.73. The van der Waals surface area contributed by atoms with Crippen molar-refractivity contribution in [1.29, 1.82) is 0 Å². The molecule has 0 saturated carbocycles. The Labute approximate surface area is 106 Å². The average Bonchev–Trinajstić information content (AvgIpc) is 2.59. The number of rotatable bonds is 2. The predicted octanol–water partition coefficient (Wildman–Crippen LogP) is 1.22. The van der Waals surface area contributed by atoms with E-state index in [1.54, 1.807) is 18.3 Å². The van der Waals surface area contributed by atoms with E-state index in [4.69, 9.17) is 5.11 Å². The Bertz CT molecular complexity index is 449. The van der Waals surface area contributed by atoms with E-state index < -0.39 is 6.09 Å². The summed E-state index contributed by atoms with van der Waals surface area (Å²) in [5.74, 6) is 0.409. The zero-order valence-corrected chi connectivity index (χ0v) is 10.3. The fourth-order valence-corrected chi connectivity index (χ4v) is 1.96. The number of pyridine rings is 1. The number of amides is 2. The monoisotopic (exact) mass is 299 g/mol. The lowest BCUT2D eigenvalue weighted by Crippen LogP contribution is -2.36. The van der Waals surface area contributed by atoms with Crippen LogP contribution in [-0.4, -0.2) is 34.7 Å². The summed E-state index contributed by atoms with van der Waals surface area (Å²) in [4.78, 5) is 27.8. The molecule has 1 saturated heterocycles. The van der Waals surface area contributed by atoms with Crippen molar-refractivity contribution < 1.29 is 14.7 Å². The fourth-order valence-electron chi connectivity index (χ4n) is 1.73. The van der Waals surface area contributed by atoms with E-state index in [0.29, 0.717) is 12.4 Å². The van der Waals surface area contributed by atoms with Crippen LogP contribution >= 0.6 is 15.9 Å². The molecule has 1 atom stereocenters. The van der Waals surface area contributed by atoms with E-state index in [9.17, 15) is 9.59 Å². The zero-order chi connectivity index (χ0) is 12.4. The Balaban J connectivity index is 2.10. The minimum atomic E-state index is -1.12. The molecule has 0 spiro atoms. The molecule has 1 aliphatic rings. The standard InChI is InChI=1S/C10H10BrN3O3/c11-6-1-2-8(12-4-6)14-5-7(3-9(14)15)13-10(16)17/h1-2,4,7,13H,3,5H2,(H,16,17)/t7-/m0/s1. The molecule has 1 aromatic rings. The highest BCUT2D eigenvalue weighted by atomic mass is 79.9. The second-order valence-electron chi connectivity index (χ2n) is 3.69. The Kier molecular flexibility index (Phi) is 3.28. The Morgan fingerprint density at radius 1 is 1.59 bits per heavy atom. The molecule has 90 valence electrons. The largest absolute Gasteiger partial charge is 0.465 e. The van der Waals surface area contributed by atoms with Crippen molar-refractivity contribution in [2.45, 2.75) is 12.5 Å². The number of hydrogen-bond donors (Lipinski definition) is 2. The SMILES string of the molecule is O=C(O)N[C@H]1CC(=O)N(c2ccc(Br)cn2)C1. The van der Waals surface area contributed by atoms with Gasteiger partial charge in [-0.05, 0) is 28.1 Å². The number of carboxylic acid groups (broad SMARTS) is 1. The van der Waals surface area contributed by atoms with Gasteiger partial charge in [0.05, 0.1) is 6.04 Å². The van der Waals surface area contributed by atoms with E-state index >= 15 is 0 Å². The van der Waals surface area contributed by atoms with Crippen LogP contribution in [0.4, 0.5) is 10.6 Å². The van der Waals surface area contributed by atoms with Crippen molar-refractivity contribution in [3.05, 3.63) is 22.8 Å². The van der Waals surface area contributed by atoms with Crippen molar-refractivity contribution >= 4 is 33.7 Å². The molecule has 0 bridgehead atoms. The number of carbonyl (C=O) groups is 2. The van der Waals surface area contributed by atoms with Gasteiger partial charge in [-0.15, -0.1) is 0 Å². The molecule has 17 heavy (non-hydrogen) atoms. The third-order valence-electron chi connectivity index (χ3n) is 2.44. The summed E-state index contributed by atoms with van der Waals surface area (Å²) >= 11 is 3.26. The van der Waals surface area contributed by atoms with Crippen LogP contribution in [0.25, 0.3) is 0 Å². The minimum Gasteiger partial charge on any atom is -0.465 e. The molecule has 7 heteroatoms. The van der Waals surface area contributed by atoms with Gasteiger partial charge >= 0.3 is 6.09 Å². The van der Waals surface area contributed by atoms with Crippen LogP contribution in [0.3, 0.4) is 0 Å². The molecule has 1 fully saturated rings. The topological polar surface area (TPSA) is 82.5 Å². The zero-order valence-electron chi connectivity index (χ0n) is 8.76. The van der Waals surface area contributed by atoms with Crippen LogP contribution < -0.4 is 10.2 Å². The van der Waals surface area contributed by atoms with Gasteiger partial charge in [-0.3, -0.25) is 9.69 Å². The molecule has 0 radical (unpaired) electrons. The lowest BCUT2D eigenvalue weighted by molar-refractivity contribution is -0.117. The van der Waals surface area contributed by atoms with Gasteiger partial charge in [0.2, 0.25) is 5.91 Å². The molecule has 2 heterocycles. The normalized spacial score (nSPS) is 19.5. The molecule has 2 N–H and O–H groups in total. The number of aromatic nitrogens is 1. The first-order chi connectivity index (χ1) is 8.06. The van der Waals surface area contributed by atoms with E-state index in [-0.39, 0.29) is 18.4 Å². The van der Waals surface area contributed by atoms with E-state index in [1.807, 2.05) is 0 Å². The molecule has 0 aromatic carbocycles. The van der Waals surface area contributed by atoms with Crippen molar-refractivity contribution in [1.82, 2.24) is 10.3 Å². The quantitative estimate of drug-likeness (QED) is 0.860. The summed E-state index contributed by atoms with van der Waals surface area (Å²) in [6, 6.07) is 3.13. The van der Waals surface area contributed by atoms with Crippen LogP contribution in [0.2, 0.25) is 0 Å². The van der Waals surface area contributed by atoms with Crippen LogP contribution in [0.1, 0.15) is 6.42 Å². The first-order valence-electron chi connectivity index (χ1n) is 4.97. The van der Waals surface area contributed by atoms with Crippen molar-refractivity contribution in [3.63, 3.8) is 0 Å². The highest BCUT2D eigenvalue weighted by Crippen LogP contribution is 2.20. The maximum absolute atomic E-state index is 11.7. The maximum Gasteiger partial charge on any atom is 0.404 e. The van der Waals surface area contributed by atoms with Gasteiger partial charge in [-0.1, -0.05) is 0 Å². The van der Waals surface area contributed by atoms with E-state index in [0.717, 1.165) is 4.47 Å². The summed E-state index contributed by atoms with van der Waals surface area (Å²) < 4.78 is 0.827. The highest BCUT2D eigenvalue weighted by molar-refractivity contribution is 9.10. The number of carbonyl (C=O) groups excluding carboxylic acids is 1. The number of nitrogens with one attached hydrogen (secondary N) is 1. The van der Waals surface area contributed by atoms with E-state index in [1.165, 1.54) is 4.90 Å². The summed E-state index contributed by atoms with van der Waals surface area (Å²) in [5.41, 5.74) is 0. The molecule has 6 nitrogen and oxygen atoms in total. The smallest absolute Gasteiger partial charge is 0.404 e. The summed E-state index contributed by atoms with van der Waals surface area (Å²) in [6.07, 6.45) is 0.651. The van der Waals surface area contributed by atoms with Crippen LogP contribution in [0.15, 0.2) is 22.8 Å². The average molecular weight is 300 g/mol. The molecule has 0 unspecified atom stereocenters. The molecular weight excluding hydrogens is 290 g/mol. The van der Waals surface area contributed by atoms with Crippen molar-refractivity contribution in [3.8, 4) is 0 Å². The Morgan fingerprint density at radius 2 is 2.35 bits per heavy atom. The second-order valence-corrected chi connectivity index (χ2v) is 4.61. The first-order valence-corrected chi connectivity index (χ1v) is 5.77. The van der Waals surface area contributed by atoms with Gasteiger partial charge in [0.1, 0.15) is 5.82 Å². The lowest BCUT2D eigenvalue weighted by atomic mass is 10.3. The fraction of sp³-hybridized carbons (Fsp3) is 0.300. The number of nitrogens with zero attached hydrogens (tertiary/aromatic N) is 2. The summed E-state index contributed by atoms with van der Waals surface area (Å²) in [5, 5.41) is 10.9. The predicted molar refractivity (Wildman–Crippen MR) is 63.9 cm³/mol. The van der Waals surface area contributed by atoms with Gasteiger partial charge in [0.25, 0.3) is 0 Å². The number of hydrogen-bond acceptors (Lipinski definition) is 3. The molecule has 2 rings (SSSR count). The van der Waals surface area contributed by atoms with Crippen LogP contribution in [0, 0.1) is 0 Å². The highest BCUT2D eigenvalue weighted by Gasteiger charge is 2.32. The molecule has 1 aliphatic heterocycles. The number of anilines is 1. The van der Waals surface area contributed by atoms with Gasteiger partial charge < -0.3 is 10.4 Å². The summed E-state index contributed by atoms with van der Waals surface area (Å²) in [7, 11) is 0. The lowest BCUT2D eigenvalue weighted by Gasteiger charge is -2.15. The van der Waals surface area contributed by atoms with Crippen LogP contribution in [0.5, 0.6) is 0 Å². The van der Waals surface area contributed by atoms with Gasteiger partial charge in [-0.25, -0.2) is 9.78 Å². The molecular formula is C10H10BrN3O3.